The molecular weight excluding hydrogens is 242 g/mol. The number of fused-ring (bicyclic) bond motifs is 1. The topological polar surface area (TPSA) is 42.7 Å². The lowest BCUT2D eigenvalue weighted by Crippen LogP contribution is -2.43. The first-order valence-electron chi connectivity index (χ1n) is 6.24. The van der Waals surface area contributed by atoms with Crippen LogP contribution in [0, 0.1) is 0 Å². The predicted molar refractivity (Wildman–Crippen MR) is 71.3 cm³/mol. The minimum Gasteiger partial charge on any atom is -0.472 e. The maximum Gasteiger partial charge on any atom is 0.261 e. The molecule has 0 fully saturated rings. The number of hydrogen-bond acceptors (Lipinski definition) is 3. The van der Waals surface area contributed by atoms with Crippen LogP contribution in [0.5, 0.6) is 0 Å². The van der Waals surface area contributed by atoms with Gasteiger partial charge in [0.15, 0.2) is 0 Å². The van der Waals surface area contributed by atoms with E-state index in [0.29, 0.717) is 12.1 Å². The fraction of sp³-hybridized carbons (Fsp3) is 0.267. The molecule has 1 aromatic carbocycles. The van der Waals surface area contributed by atoms with Gasteiger partial charge >= 0.3 is 0 Å². The summed E-state index contributed by atoms with van der Waals surface area (Å²) in [7, 11) is 1.68. The molecule has 2 heterocycles. The third kappa shape index (κ3) is 2.15. The number of para-hydroxylation sites is 1. The number of benzene rings is 1. The van der Waals surface area contributed by atoms with Crippen molar-refractivity contribution in [2.75, 3.05) is 18.6 Å². The van der Waals surface area contributed by atoms with Crippen LogP contribution >= 0.6 is 0 Å². The molecule has 1 amide bonds. The van der Waals surface area contributed by atoms with E-state index in [2.05, 4.69) is 0 Å². The summed E-state index contributed by atoms with van der Waals surface area (Å²) in [5.74, 6) is -0.0528. The van der Waals surface area contributed by atoms with Gasteiger partial charge in [0.1, 0.15) is 6.26 Å². The number of amides is 1. The third-order valence-corrected chi connectivity index (χ3v) is 3.46. The average molecular weight is 257 g/mol. The first-order valence-corrected chi connectivity index (χ1v) is 6.24. The van der Waals surface area contributed by atoms with Gasteiger partial charge in [-0.2, -0.15) is 0 Å². The van der Waals surface area contributed by atoms with E-state index in [0.717, 1.165) is 17.7 Å². The maximum atomic E-state index is 12.5. The second-order valence-corrected chi connectivity index (χ2v) is 4.62. The van der Waals surface area contributed by atoms with Crippen molar-refractivity contribution in [3.63, 3.8) is 0 Å². The summed E-state index contributed by atoms with van der Waals surface area (Å²) in [6.45, 7) is 0.567. The van der Waals surface area contributed by atoms with Gasteiger partial charge in [0.2, 0.25) is 0 Å². The van der Waals surface area contributed by atoms with Crippen LogP contribution in [0.4, 0.5) is 5.69 Å². The van der Waals surface area contributed by atoms with Crippen molar-refractivity contribution < 1.29 is 13.9 Å². The summed E-state index contributed by atoms with van der Waals surface area (Å²) in [6.07, 6.45) is 3.85. The van der Waals surface area contributed by atoms with Crippen LogP contribution in [0.15, 0.2) is 47.3 Å². The number of carbonyl (C=O) groups is 1. The van der Waals surface area contributed by atoms with E-state index >= 15 is 0 Å². The first kappa shape index (κ1) is 12.0. The summed E-state index contributed by atoms with van der Waals surface area (Å²) in [6, 6.07) is 9.62. The van der Waals surface area contributed by atoms with E-state index in [1.807, 2.05) is 24.3 Å². The van der Waals surface area contributed by atoms with Gasteiger partial charge < -0.3 is 14.1 Å². The van der Waals surface area contributed by atoms with Crippen molar-refractivity contribution in [2.45, 2.75) is 12.5 Å². The predicted octanol–water partition coefficient (Wildman–Crippen LogP) is 2.50. The molecule has 19 heavy (non-hydrogen) atoms. The SMILES string of the molecule is COC1Cc2ccccc2N(C(=O)c2ccoc2)C1. The highest BCUT2D eigenvalue weighted by Crippen LogP contribution is 2.29. The highest BCUT2D eigenvalue weighted by molar-refractivity contribution is 6.06. The fourth-order valence-electron chi connectivity index (χ4n) is 2.45. The Labute approximate surface area is 111 Å². The molecule has 1 aliphatic heterocycles. The van der Waals surface area contributed by atoms with Gasteiger partial charge in [-0.25, -0.2) is 0 Å². The second-order valence-electron chi connectivity index (χ2n) is 4.62. The van der Waals surface area contributed by atoms with E-state index in [-0.39, 0.29) is 12.0 Å². The van der Waals surface area contributed by atoms with Gasteiger partial charge in [-0.05, 0) is 17.7 Å². The van der Waals surface area contributed by atoms with Crippen molar-refractivity contribution in [2.24, 2.45) is 0 Å². The van der Waals surface area contributed by atoms with Crippen molar-refractivity contribution in [3.05, 3.63) is 54.0 Å². The third-order valence-electron chi connectivity index (χ3n) is 3.46. The summed E-state index contributed by atoms with van der Waals surface area (Å²) in [5.41, 5.74) is 2.66. The van der Waals surface area contributed by atoms with E-state index in [9.17, 15) is 4.79 Å². The Morgan fingerprint density at radius 1 is 1.37 bits per heavy atom. The molecule has 0 saturated heterocycles. The number of rotatable bonds is 2. The van der Waals surface area contributed by atoms with Crippen molar-refractivity contribution >= 4 is 11.6 Å². The van der Waals surface area contributed by atoms with E-state index in [4.69, 9.17) is 9.15 Å². The van der Waals surface area contributed by atoms with Gasteiger partial charge in [-0.3, -0.25) is 4.79 Å². The van der Waals surface area contributed by atoms with Crippen LogP contribution in [0.2, 0.25) is 0 Å². The molecule has 1 aliphatic rings. The van der Waals surface area contributed by atoms with Gasteiger partial charge in [0.05, 0.1) is 24.5 Å². The van der Waals surface area contributed by atoms with Crippen molar-refractivity contribution in [1.82, 2.24) is 0 Å². The van der Waals surface area contributed by atoms with E-state index in [1.165, 1.54) is 12.5 Å². The zero-order valence-corrected chi connectivity index (χ0v) is 10.7. The molecule has 0 radical (unpaired) electrons. The van der Waals surface area contributed by atoms with Crippen LogP contribution in [-0.4, -0.2) is 25.7 Å². The molecule has 3 rings (SSSR count). The molecule has 0 saturated carbocycles. The van der Waals surface area contributed by atoms with Crippen molar-refractivity contribution in [1.29, 1.82) is 0 Å². The van der Waals surface area contributed by atoms with E-state index in [1.54, 1.807) is 18.1 Å². The molecule has 2 aromatic rings. The molecular formula is C15H15NO3. The van der Waals surface area contributed by atoms with Crippen LogP contribution in [0.3, 0.4) is 0 Å². The normalized spacial score (nSPS) is 18.2. The number of hydrogen-bond donors (Lipinski definition) is 0. The molecule has 0 spiro atoms. The Balaban J connectivity index is 1.98. The fourth-order valence-corrected chi connectivity index (χ4v) is 2.45. The van der Waals surface area contributed by atoms with E-state index < -0.39 is 0 Å². The summed E-state index contributed by atoms with van der Waals surface area (Å²) in [4.78, 5) is 14.3. The van der Waals surface area contributed by atoms with Gasteiger partial charge in [0, 0.05) is 19.2 Å². The summed E-state index contributed by atoms with van der Waals surface area (Å²) < 4.78 is 10.4. The second kappa shape index (κ2) is 4.90. The van der Waals surface area contributed by atoms with Gasteiger partial charge in [-0.1, -0.05) is 18.2 Å². The van der Waals surface area contributed by atoms with Crippen LogP contribution in [-0.2, 0) is 11.2 Å². The number of nitrogens with zero attached hydrogens (tertiary/aromatic N) is 1. The molecule has 1 atom stereocenters. The quantitative estimate of drug-likeness (QED) is 0.830. The van der Waals surface area contributed by atoms with Gasteiger partial charge in [0.25, 0.3) is 5.91 Å². The Hall–Kier alpha value is -2.07. The number of furan rings is 1. The zero-order valence-electron chi connectivity index (χ0n) is 10.7. The molecule has 0 aliphatic carbocycles. The summed E-state index contributed by atoms with van der Waals surface area (Å²) in [5, 5.41) is 0. The summed E-state index contributed by atoms with van der Waals surface area (Å²) >= 11 is 0. The lowest BCUT2D eigenvalue weighted by Gasteiger charge is -2.33. The number of carbonyl (C=O) groups excluding carboxylic acids is 1. The van der Waals surface area contributed by atoms with Crippen LogP contribution in [0.1, 0.15) is 15.9 Å². The zero-order chi connectivity index (χ0) is 13.2. The lowest BCUT2D eigenvalue weighted by molar-refractivity contribution is 0.0870. The molecule has 1 aromatic heterocycles. The molecule has 1 unspecified atom stereocenters. The molecule has 4 nitrogen and oxygen atoms in total. The lowest BCUT2D eigenvalue weighted by atomic mass is 9.99. The molecule has 98 valence electrons. The molecule has 4 heteroatoms. The van der Waals surface area contributed by atoms with Gasteiger partial charge in [-0.15, -0.1) is 0 Å². The van der Waals surface area contributed by atoms with Crippen LogP contribution in [0.25, 0.3) is 0 Å². The number of anilines is 1. The highest BCUT2D eigenvalue weighted by atomic mass is 16.5. The Morgan fingerprint density at radius 2 is 2.21 bits per heavy atom. The van der Waals surface area contributed by atoms with Crippen molar-refractivity contribution in [3.8, 4) is 0 Å². The first-order chi connectivity index (χ1) is 9.29. The Bertz CT molecular complexity index is 577. The maximum absolute atomic E-state index is 12.5. The monoisotopic (exact) mass is 257 g/mol. The minimum absolute atomic E-state index is 0.0331. The smallest absolute Gasteiger partial charge is 0.261 e. The minimum atomic E-state index is -0.0528. The molecule has 0 N–H and O–H groups in total. The average Bonchev–Trinajstić information content (AvgIpc) is 2.99. The number of methoxy groups -OCH3 is 1. The number of ether oxygens (including phenoxy) is 1. The standard InChI is InChI=1S/C15H15NO3/c1-18-13-8-11-4-2-3-5-14(11)16(9-13)15(17)12-6-7-19-10-12/h2-7,10,13H,8-9H2,1H3. The molecule has 0 bridgehead atoms. The largest absolute Gasteiger partial charge is 0.472 e. The Kier molecular flexibility index (Phi) is 3.09. The highest BCUT2D eigenvalue weighted by Gasteiger charge is 2.29. The van der Waals surface area contributed by atoms with Crippen LogP contribution < -0.4 is 4.90 Å². The Morgan fingerprint density at radius 3 is 2.95 bits per heavy atom.